The van der Waals surface area contributed by atoms with E-state index in [1.807, 2.05) is 0 Å². The van der Waals surface area contributed by atoms with Crippen molar-refractivity contribution in [1.29, 1.82) is 0 Å². The third kappa shape index (κ3) is 5.30. The van der Waals surface area contributed by atoms with Gasteiger partial charge in [0.05, 0.1) is 5.75 Å². The molecule has 0 aliphatic carbocycles. The van der Waals surface area contributed by atoms with Crippen LogP contribution in [-0.4, -0.2) is 52.2 Å². The van der Waals surface area contributed by atoms with E-state index in [0.717, 1.165) is 47.7 Å². The van der Waals surface area contributed by atoms with Gasteiger partial charge in [-0.15, -0.1) is 11.3 Å². The van der Waals surface area contributed by atoms with Crippen molar-refractivity contribution >= 4 is 39.2 Å². The van der Waals surface area contributed by atoms with Crippen molar-refractivity contribution in [3.63, 3.8) is 0 Å². The fourth-order valence-electron chi connectivity index (χ4n) is 3.23. The summed E-state index contributed by atoms with van der Waals surface area (Å²) in [5.74, 6) is 0.498. The van der Waals surface area contributed by atoms with Gasteiger partial charge in [-0.3, -0.25) is 9.69 Å². The molecule has 7 heteroatoms. The Labute approximate surface area is 169 Å². The van der Waals surface area contributed by atoms with Crippen molar-refractivity contribution in [2.24, 2.45) is 0 Å². The van der Waals surface area contributed by atoms with E-state index in [0.29, 0.717) is 5.75 Å². The van der Waals surface area contributed by atoms with Crippen LogP contribution in [0.3, 0.4) is 0 Å². The summed E-state index contributed by atoms with van der Waals surface area (Å²) in [7, 11) is 0. The van der Waals surface area contributed by atoms with Crippen molar-refractivity contribution in [2.75, 3.05) is 25.4 Å². The molecule has 3 heterocycles. The maximum absolute atomic E-state index is 12.4. The minimum atomic E-state index is 0.0964. The Morgan fingerprint density at radius 3 is 2.78 bits per heavy atom. The van der Waals surface area contributed by atoms with E-state index in [4.69, 9.17) is 0 Å². The normalized spacial score (nSPS) is 15.9. The van der Waals surface area contributed by atoms with E-state index >= 15 is 0 Å². The van der Waals surface area contributed by atoms with Crippen LogP contribution in [0.1, 0.15) is 37.1 Å². The molecule has 1 aliphatic rings. The van der Waals surface area contributed by atoms with Crippen molar-refractivity contribution in [3.8, 4) is 0 Å². The number of thioether (sulfide) groups is 1. The molecule has 1 aliphatic heterocycles. The lowest BCUT2D eigenvalue weighted by Gasteiger charge is -2.31. The maximum atomic E-state index is 12.4. The molecule has 1 amide bonds. The largest absolute Gasteiger partial charge is 0.353 e. The lowest BCUT2D eigenvalue weighted by molar-refractivity contribution is -0.119. The van der Waals surface area contributed by atoms with Crippen LogP contribution in [0, 0.1) is 13.8 Å². The van der Waals surface area contributed by atoms with Crippen molar-refractivity contribution in [3.05, 3.63) is 28.4 Å². The van der Waals surface area contributed by atoms with E-state index in [-0.39, 0.29) is 11.9 Å². The van der Waals surface area contributed by atoms with E-state index in [9.17, 15) is 4.79 Å². The van der Waals surface area contributed by atoms with Gasteiger partial charge in [-0.05, 0) is 46.1 Å². The Morgan fingerprint density at radius 1 is 1.33 bits per heavy atom. The van der Waals surface area contributed by atoms with Crippen LogP contribution in [-0.2, 0) is 4.79 Å². The van der Waals surface area contributed by atoms with Gasteiger partial charge in [0.2, 0.25) is 5.91 Å². The molecule has 5 nitrogen and oxygen atoms in total. The topological polar surface area (TPSA) is 58.1 Å². The first kappa shape index (κ1) is 20.3. The number of allylic oxidation sites excluding steroid dienone is 1. The second-order valence-corrected chi connectivity index (χ2v) is 9.52. The smallest absolute Gasteiger partial charge is 0.230 e. The third-order valence-electron chi connectivity index (χ3n) is 4.98. The standard InChI is InChI=1S/C20H28N4OS2/c1-13(2)5-8-24-9-6-16(7-10-24)23-17(25)11-26-19-18-14(3)15(4)27-20(18)22-12-21-19/h5,12,16H,6-11H2,1-4H3,(H,23,25). The van der Waals surface area contributed by atoms with Crippen LogP contribution < -0.4 is 5.32 Å². The number of piperidine rings is 1. The molecule has 0 bridgehead atoms. The second kappa shape index (κ2) is 9.17. The number of nitrogens with one attached hydrogen (secondary N) is 1. The van der Waals surface area contributed by atoms with Gasteiger partial charge < -0.3 is 5.32 Å². The van der Waals surface area contributed by atoms with Crippen LogP contribution in [0.15, 0.2) is 23.0 Å². The number of nitrogens with zero attached hydrogens (tertiary/aromatic N) is 3. The Hall–Kier alpha value is -1.44. The predicted molar refractivity (Wildman–Crippen MR) is 115 cm³/mol. The number of rotatable bonds is 6. The first-order valence-corrected chi connectivity index (χ1v) is 11.2. The number of carbonyl (C=O) groups is 1. The Balaban J connectivity index is 1.49. The zero-order chi connectivity index (χ0) is 19.4. The average Bonchev–Trinajstić information content (AvgIpc) is 2.94. The lowest BCUT2D eigenvalue weighted by Crippen LogP contribution is -2.45. The molecule has 1 saturated heterocycles. The van der Waals surface area contributed by atoms with Gasteiger partial charge in [0.1, 0.15) is 16.2 Å². The Morgan fingerprint density at radius 2 is 2.07 bits per heavy atom. The Kier molecular flexibility index (Phi) is 6.89. The summed E-state index contributed by atoms with van der Waals surface area (Å²) in [6.45, 7) is 11.6. The van der Waals surface area contributed by atoms with Crippen LogP contribution in [0.2, 0.25) is 0 Å². The summed E-state index contributed by atoms with van der Waals surface area (Å²) in [6, 6.07) is 0.289. The molecule has 27 heavy (non-hydrogen) atoms. The van der Waals surface area contributed by atoms with Crippen LogP contribution in [0.4, 0.5) is 0 Å². The summed E-state index contributed by atoms with van der Waals surface area (Å²) in [5.41, 5.74) is 2.58. The highest BCUT2D eigenvalue weighted by Gasteiger charge is 2.20. The monoisotopic (exact) mass is 404 g/mol. The number of hydrogen-bond acceptors (Lipinski definition) is 6. The van der Waals surface area contributed by atoms with Crippen molar-refractivity contribution in [1.82, 2.24) is 20.2 Å². The molecule has 3 rings (SSSR count). The average molecular weight is 405 g/mol. The first-order chi connectivity index (χ1) is 12.9. The molecule has 1 N–H and O–H groups in total. The maximum Gasteiger partial charge on any atom is 0.230 e. The number of likely N-dealkylation sites (tertiary alicyclic amines) is 1. The van der Waals surface area contributed by atoms with Gasteiger partial charge in [-0.25, -0.2) is 9.97 Å². The molecular formula is C20H28N4OS2. The highest BCUT2D eigenvalue weighted by Crippen LogP contribution is 2.34. The molecule has 146 valence electrons. The zero-order valence-corrected chi connectivity index (χ0v) is 18.2. The molecule has 2 aromatic rings. The van der Waals surface area contributed by atoms with Gasteiger partial charge in [0.25, 0.3) is 0 Å². The minimum absolute atomic E-state index is 0.0964. The number of carbonyl (C=O) groups excluding carboxylic acids is 1. The van der Waals surface area contributed by atoms with Gasteiger partial charge in [0, 0.05) is 35.9 Å². The molecule has 0 spiro atoms. The molecule has 0 atom stereocenters. The van der Waals surface area contributed by atoms with Crippen LogP contribution >= 0.6 is 23.1 Å². The van der Waals surface area contributed by atoms with E-state index < -0.39 is 0 Å². The fraction of sp³-hybridized carbons (Fsp3) is 0.550. The number of aryl methyl sites for hydroxylation is 2. The summed E-state index contributed by atoms with van der Waals surface area (Å²) >= 11 is 3.20. The van der Waals surface area contributed by atoms with Gasteiger partial charge >= 0.3 is 0 Å². The van der Waals surface area contributed by atoms with Crippen LogP contribution in [0.25, 0.3) is 10.2 Å². The van der Waals surface area contributed by atoms with Crippen molar-refractivity contribution < 1.29 is 4.79 Å². The molecule has 0 saturated carbocycles. The number of fused-ring (bicyclic) bond motifs is 1. The second-order valence-electron chi connectivity index (χ2n) is 7.35. The minimum Gasteiger partial charge on any atom is -0.353 e. The fourth-order valence-corrected chi connectivity index (χ4v) is 5.16. The third-order valence-corrected chi connectivity index (χ3v) is 7.09. The van der Waals surface area contributed by atoms with Crippen LogP contribution in [0.5, 0.6) is 0 Å². The van der Waals surface area contributed by atoms with E-state index in [2.05, 4.69) is 54.0 Å². The highest BCUT2D eigenvalue weighted by atomic mass is 32.2. The summed E-state index contributed by atoms with van der Waals surface area (Å²) in [4.78, 5) is 25.9. The summed E-state index contributed by atoms with van der Waals surface area (Å²) < 4.78 is 0. The summed E-state index contributed by atoms with van der Waals surface area (Å²) in [5, 5.41) is 5.21. The quantitative estimate of drug-likeness (QED) is 0.449. The van der Waals surface area contributed by atoms with Gasteiger partial charge in [-0.1, -0.05) is 23.4 Å². The number of aromatic nitrogens is 2. The number of amides is 1. The van der Waals surface area contributed by atoms with E-state index in [1.165, 1.54) is 27.8 Å². The molecular weight excluding hydrogens is 376 g/mol. The SMILES string of the molecule is CC(C)=CCN1CCC(NC(=O)CSc2ncnc3sc(C)c(C)c23)CC1. The number of thiophene rings is 1. The Bertz CT molecular complexity index is 834. The molecule has 2 aromatic heterocycles. The first-order valence-electron chi connectivity index (χ1n) is 9.42. The van der Waals surface area contributed by atoms with Gasteiger partial charge in [-0.2, -0.15) is 0 Å². The molecule has 1 fully saturated rings. The zero-order valence-electron chi connectivity index (χ0n) is 16.5. The summed E-state index contributed by atoms with van der Waals surface area (Å²) in [6.07, 6.45) is 5.91. The molecule has 0 unspecified atom stereocenters. The highest BCUT2D eigenvalue weighted by molar-refractivity contribution is 8.00. The molecule has 0 radical (unpaired) electrons. The van der Waals surface area contributed by atoms with Gasteiger partial charge in [0.15, 0.2) is 0 Å². The van der Waals surface area contributed by atoms with Crippen molar-refractivity contribution in [2.45, 2.75) is 51.6 Å². The molecule has 0 aromatic carbocycles. The predicted octanol–water partition coefficient (Wildman–Crippen LogP) is 3.95. The number of hydrogen-bond donors (Lipinski definition) is 1. The lowest BCUT2D eigenvalue weighted by atomic mass is 10.0. The van der Waals surface area contributed by atoms with E-state index in [1.54, 1.807) is 17.7 Å².